The number of hydrogen-bond acceptors (Lipinski definition) is 2. The van der Waals surface area contributed by atoms with Gasteiger partial charge < -0.3 is 5.32 Å². The van der Waals surface area contributed by atoms with E-state index in [0.717, 1.165) is 18.7 Å². The summed E-state index contributed by atoms with van der Waals surface area (Å²) in [5.74, 6) is 0.894. The van der Waals surface area contributed by atoms with Crippen LogP contribution in [0, 0.1) is 5.82 Å². The van der Waals surface area contributed by atoms with Crippen LogP contribution in [-0.4, -0.2) is 12.3 Å². The van der Waals surface area contributed by atoms with Crippen LogP contribution in [-0.2, 0) is 0 Å². The summed E-state index contributed by atoms with van der Waals surface area (Å²) in [6, 6.07) is 4.70. The fraction of sp³-hybridized carbons (Fsp3) is 0.400. The number of thioether (sulfide) groups is 1. The smallest absolute Gasteiger partial charge is 0.128 e. The minimum Gasteiger partial charge on any atom is -0.302 e. The number of hydrogen-bond donors (Lipinski definition) is 1. The summed E-state index contributed by atoms with van der Waals surface area (Å²) in [5.41, 5.74) is 0.669. The molecular formula is C10H11ClFNS. The van der Waals surface area contributed by atoms with Crippen LogP contribution >= 0.6 is 23.4 Å². The van der Waals surface area contributed by atoms with Crippen LogP contribution < -0.4 is 5.32 Å². The number of rotatable bonds is 1. The lowest BCUT2D eigenvalue weighted by molar-refractivity contribution is 0.574. The van der Waals surface area contributed by atoms with Crippen LogP contribution in [0.2, 0.25) is 5.02 Å². The highest BCUT2D eigenvalue weighted by Crippen LogP contribution is 2.32. The van der Waals surface area contributed by atoms with Crippen LogP contribution in [0.25, 0.3) is 0 Å². The van der Waals surface area contributed by atoms with Gasteiger partial charge in [-0.3, -0.25) is 0 Å². The van der Waals surface area contributed by atoms with Crippen LogP contribution in [0.5, 0.6) is 0 Å². The third-order valence-electron chi connectivity index (χ3n) is 2.18. The Balaban J connectivity index is 2.24. The number of benzene rings is 1. The van der Waals surface area contributed by atoms with Gasteiger partial charge in [-0.05, 0) is 36.9 Å². The molecule has 1 aromatic carbocycles. The van der Waals surface area contributed by atoms with Gasteiger partial charge in [-0.25, -0.2) is 4.39 Å². The van der Waals surface area contributed by atoms with Gasteiger partial charge in [0.15, 0.2) is 0 Å². The first-order chi connectivity index (χ1) is 6.77. The highest BCUT2D eigenvalue weighted by atomic mass is 35.5. The molecule has 2 rings (SSSR count). The Morgan fingerprint density at radius 2 is 2.36 bits per heavy atom. The molecule has 14 heavy (non-hydrogen) atoms. The fourth-order valence-corrected chi connectivity index (χ4v) is 2.80. The lowest BCUT2D eigenvalue weighted by atomic mass is 10.2. The lowest BCUT2D eigenvalue weighted by Gasteiger charge is -2.23. The molecule has 0 aliphatic carbocycles. The molecule has 1 unspecified atom stereocenters. The van der Waals surface area contributed by atoms with Crippen molar-refractivity contribution in [3.63, 3.8) is 0 Å². The predicted octanol–water partition coefficient (Wildman–Crippen LogP) is 3.20. The van der Waals surface area contributed by atoms with E-state index in [-0.39, 0.29) is 11.2 Å². The van der Waals surface area contributed by atoms with Crippen molar-refractivity contribution >= 4 is 23.4 Å². The van der Waals surface area contributed by atoms with Crippen molar-refractivity contribution in [2.45, 2.75) is 11.8 Å². The summed E-state index contributed by atoms with van der Waals surface area (Å²) in [4.78, 5) is 0. The summed E-state index contributed by atoms with van der Waals surface area (Å²) in [7, 11) is 0. The number of halogens is 2. The molecule has 1 aliphatic heterocycles. The molecule has 0 saturated carbocycles. The zero-order valence-corrected chi connectivity index (χ0v) is 9.17. The van der Waals surface area contributed by atoms with Gasteiger partial charge in [0, 0.05) is 10.6 Å². The highest BCUT2D eigenvalue weighted by Gasteiger charge is 2.18. The van der Waals surface area contributed by atoms with Gasteiger partial charge in [-0.1, -0.05) is 11.6 Å². The molecule has 0 spiro atoms. The van der Waals surface area contributed by atoms with Crippen molar-refractivity contribution in [1.29, 1.82) is 0 Å². The van der Waals surface area contributed by atoms with E-state index in [4.69, 9.17) is 11.6 Å². The first-order valence-electron chi connectivity index (χ1n) is 4.57. The molecule has 1 N–H and O–H groups in total. The molecule has 0 aromatic heterocycles. The zero-order valence-electron chi connectivity index (χ0n) is 7.59. The van der Waals surface area contributed by atoms with E-state index in [1.54, 1.807) is 23.9 Å². The highest BCUT2D eigenvalue weighted by molar-refractivity contribution is 7.99. The van der Waals surface area contributed by atoms with Crippen molar-refractivity contribution in [2.24, 2.45) is 0 Å². The Hall–Kier alpha value is -0.250. The molecule has 1 heterocycles. The maximum atomic E-state index is 13.4. The molecule has 4 heteroatoms. The average Bonchev–Trinajstić information content (AvgIpc) is 2.23. The standard InChI is InChI=1S/C10H11ClFNS/c11-7-2-3-9(12)8(6-7)10-13-4-1-5-14-10/h2-3,6,10,13H,1,4-5H2. The molecule has 0 bridgehead atoms. The van der Waals surface area contributed by atoms with Gasteiger partial charge in [-0.15, -0.1) is 11.8 Å². The number of nitrogens with one attached hydrogen (secondary N) is 1. The molecule has 1 aromatic rings. The molecule has 1 nitrogen and oxygen atoms in total. The summed E-state index contributed by atoms with van der Waals surface area (Å²) < 4.78 is 13.4. The fourth-order valence-electron chi connectivity index (χ4n) is 1.48. The zero-order chi connectivity index (χ0) is 9.97. The van der Waals surface area contributed by atoms with Crippen molar-refractivity contribution in [1.82, 2.24) is 5.32 Å². The first-order valence-corrected chi connectivity index (χ1v) is 6.00. The molecule has 1 aliphatic rings. The molecule has 1 saturated heterocycles. The maximum absolute atomic E-state index is 13.4. The summed E-state index contributed by atoms with van der Waals surface area (Å²) in [6.45, 7) is 0.948. The second-order valence-corrected chi connectivity index (χ2v) is 4.87. The maximum Gasteiger partial charge on any atom is 0.128 e. The van der Waals surface area contributed by atoms with Crippen LogP contribution in [0.15, 0.2) is 18.2 Å². The van der Waals surface area contributed by atoms with Gasteiger partial charge >= 0.3 is 0 Å². The summed E-state index contributed by atoms with van der Waals surface area (Å²) >= 11 is 7.56. The van der Waals surface area contributed by atoms with E-state index in [2.05, 4.69) is 5.32 Å². The minimum atomic E-state index is -0.179. The molecule has 0 radical (unpaired) electrons. The van der Waals surface area contributed by atoms with E-state index in [0.29, 0.717) is 10.6 Å². The first kappa shape index (κ1) is 10.3. The van der Waals surface area contributed by atoms with Crippen molar-refractivity contribution in [2.75, 3.05) is 12.3 Å². The van der Waals surface area contributed by atoms with Gasteiger partial charge in [0.25, 0.3) is 0 Å². The van der Waals surface area contributed by atoms with E-state index >= 15 is 0 Å². The Morgan fingerprint density at radius 1 is 1.50 bits per heavy atom. The quantitative estimate of drug-likeness (QED) is 0.797. The topological polar surface area (TPSA) is 12.0 Å². The molecule has 76 valence electrons. The summed E-state index contributed by atoms with van der Waals surface area (Å²) in [6.07, 6.45) is 1.14. The monoisotopic (exact) mass is 231 g/mol. The van der Waals surface area contributed by atoms with Gasteiger partial charge in [-0.2, -0.15) is 0 Å². The van der Waals surface area contributed by atoms with Crippen LogP contribution in [0.3, 0.4) is 0 Å². The SMILES string of the molecule is Fc1ccc(Cl)cc1C1NCCCS1. The Bertz CT molecular complexity index is 326. The van der Waals surface area contributed by atoms with E-state index in [1.807, 2.05) is 0 Å². The second kappa shape index (κ2) is 4.51. The van der Waals surface area contributed by atoms with E-state index in [1.165, 1.54) is 6.07 Å². The van der Waals surface area contributed by atoms with E-state index in [9.17, 15) is 4.39 Å². The third kappa shape index (κ3) is 2.22. The second-order valence-electron chi connectivity index (χ2n) is 3.22. The Labute approximate surface area is 92.0 Å². The normalized spacial score (nSPS) is 22.3. The minimum absolute atomic E-state index is 0.0578. The van der Waals surface area contributed by atoms with E-state index < -0.39 is 0 Å². The van der Waals surface area contributed by atoms with Crippen molar-refractivity contribution < 1.29 is 4.39 Å². The Morgan fingerprint density at radius 3 is 3.07 bits per heavy atom. The van der Waals surface area contributed by atoms with Gasteiger partial charge in [0.2, 0.25) is 0 Å². The lowest BCUT2D eigenvalue weighted by Crippen LogP contribution is -2.25. The third-order valence-corrected chi connectivity index (χ3v) is 3.69. The predicted molar refractivity (Wildman–Crippen MR) is 59.2 cm³/mol. The molecule has 1 atom stereocenters. The molecule has 0 amide bonds. The summed E-state index contributed by atoms with van der Waals surface area (Å²) in [5, 5.41) is 3.92. The largest absolute Gasteiger partial charge is 0.302 e. The average molecular weight is 232 g/mol. The van der Waals surface area contributed by atoms with Crippen LogP contribution in [0.1, 0.15) is 17.4 Å². The van der Waals surface area contributed by atoms with Crippen LogP contribution in [0.4, 0.5) is 4.39 Å². The van der Waals surface area contributed by atoms with Gasteiger partial charge in [0.05, 0.1) is 5.37 Å². The van der Waals surface area contributed by atoms with Crippen molar-refractivity contribution in [3.8, 4) is 0 Å². The molecule has 1 fully saturated rings. The molecular weight excluding hydrogens is 221 g/mol. The Kier molecular flexibility index (Phi) is 3.31. The van der Waals surface area contributed by atoms with Crippen molar-refractivity contribution in [3.05, 3.63) is 34.6 Å². The van der Waals surface area contributed by atoms with Gasteiger partial charge in [0.1, 0.15) is 5.82 Å².